The molecule has 0 aromatic heterocycles. The molecule has 0 spiro atoms. The molecule has 9 heteroatoms. The fourth-order valence-corrected chi connectivity index (χ4v) is 4.00. The van der Waals surface area contributed by atoms with Crippen LogP contribution in [0.5, 0.6) is 11.5 Å². The molecule has 2 atom stereocenters. The summed E-state index contributed by atoms with van der Waals surface area (Å²) in [5.74, 6) is 0.922. The number of hydrogen-bond acceptors (Lipinski definition) is 5. The summed E-state index contributed by atoms with van der Waals surface area (Å²) in [4.78, 5) is 12.7. The first kappa shape index (κ1) is 22.8. The molecule has 7 nitrogen and oxygen atoms in total. The number of ether oxygens (including phenoxy) is 2. The number of carbonyl (C=O) groups excluding carboxylic acids is 1. The highest BCUT2D eigenvalue weighted by Gasteiger charge is 2.29. The standard InChI is InChI=1S/C20H25ClN2O5S/c1-14(13-28-19-11-9-18(27-3)10-12-19)22-20(24)15(2)23(29(4,25)26)17-7-5-16(21)6-8-17/h5-12,14-15H,13H2,1-4H3,(H,22,24). The van der Waals surface area contributed by atoms with E-state index in [0.29, 0.717) is 16.5 Å². The van der Waals surface area contributed by atoms with E-state index in [2.05, 4.69) is 5.32 Å². The summed E-state index contributed by atoms with van der Waals surface area (Å²) < 4.78 is 36.4. The lowest BCUT2D eigenvalue weighted by molar-refractivity contribution is -0.122. The van der Waals surface area contributed by atoms with Crippen molar-refractivity contribution >= 4 is 33.2 Å². The molecule has 0 radical (unpaired) electrons. The minimum Gasteiger partial charge on any atom is -0.497 e. The van der Waals surface area contributed by atoms with Crippen molar-refractivity contribution in [1.29, 1.82) is 0 Å². The second-order valence-electron chi connectivity index (χ2n) is 6.61. The van der Waals surface area contributed by atoms with Crippen molar-refractivity contribution in [3.05, 3.63) is 53.6 Å². The Hall–Kier alpha value is -2.45. The second kappa shape index (κ2) is 9.84. The number of hydrogen-bond donors (Lipinski definition) is 1. The summed E-state index contributed by atoms with van der Waals surface area (Å²) in [6.45, 7) is 3.54. The molecule has 0 saturated heterocycles. The van der Waals surface area contributed by atoms with E-state index in [-0.39, 0.29) is 12.6 Å². The van der Waals surface area contributed by atoms with Gasteiger partial charge in [-0.2, -0.15) is 0 Å². The Morgan fingerprint density at radius 1 is 1.07 bits per heavy atom. The molecule has 2 unspecified atom stereocenters. The van der Waals surface area contributed by atoms with Crippen molar-refractivity contribution in [2.45, 2.75) is 25.9 Å². The van der Waals surface area contributed by atoms with Crippen molar-refractivity contribution in [1.82, 2.24) is 5.32 Å². The van der Waals surface area contributed by atoms with Gasteiger partial charge in [-0.25, -0.2) is 8.42 Å². The third-order valence-electron chi connectivity index (χ3n) is 4.12. The molecule has 0 fully saturated rings. The summed E-state index contributed by atoms with van der Waals surface area (Å²) in [7, 11) is -2.10. The van der Waals surface area contributed by atoms with Crippen molar-refractivity contribution in [2.24, 2.45) is 0 Å². The van der Waals surface area contributed by atoms with Gasteiger partial charge in [-0.3, -0.25) is 9.10 Å². The molecule has 0 aliphatic rings. The van der Waals surface area contributed by atoms with Crippen molar-refractivity contribution in [3.8, 4) is 11.5 Å². The van der Waals surface area contributed by atoms with Gasteiger partial charge in [-0.05, 0) is 62.4 Å². The topological polar surface area (TPSA) is 84.9 Å². The summed E-state index contributed by atoms with van der Waals surface area (Å²) in [5, 5.41) is 3.26. The van der Waals surface area contributed by atoms with Crippen molar-refractivity contribution < 1.29 is 22.7 Å². The fourth-order valence-electron chi connectivity index (χ4n) is 2.70. The van der Waals surface area contributed by atoms with Gasteiger partial charge in [0.1, 0.15) is 24.1 Å². The number of halogens is 1. The Balaban J connectivity index is 2.01. The van der Waals surface area contributed by atoms with Crippen LogP contribution >= 0.6 is 11.6 Å². The Morgan fingerprint density at radius 2 is 1.62 bits per heavy atom. The number of benzene rings is 2. The Bertz CT molecular complexity index is 917. The number of nitrogens with one attached hydrogen (secondary N) is 1. The molecule has 0 aliphatic heterocycles. The predicted octanol–water partition coefficient (Wildman–Crippen LogP) is 3.09. The minimum atomic E-state index is -3.69. The van der Waals surface area contributed by atoms with Crippen LogP contribution in [0.1, 0.15) is 13.8 Å². The van der Waals surface area contributed by atoms with E-state index >= 15 is 0 Å². The molecule has 0 bridgehead atoms. The minimum absolute atomic E-state index is 0.227. The van der Waals surface area contributed by atoms with Gasteiger partial charge >= 0.3 is 0 Å². The maximum absolute atomic E-state index is 12.7. The highest BCUT2D eigenvalue weighted by atomic mass is 35.5. The van der Waals surface area contributed by atoms with E-state index in [1.54, 1.807) is 62.6 Å². The summed E-state index contributed by atoms with van der Waals surface area (Å²) in [5.41, 5.74) is 0.363. The van der Waals surface area contributed by atoms with Crippen LogP contribution in [0, 0.1) is 0 Å². The molecule has 0 saturated carbocycles. The molecule has 29 heavy (non-hydrogen) atoms. The molecule has 0 heterocycles. The number of carbonyl (C=O) groups is 1. The molecular formula is C20H25ClN2O5S. The van der Waals surface area contributed by atoms with Gasteiger partial charge in [-0.15, -0.1) is 0 Å². The third-order valence-corrected chi connectivity index (χ3v) is 5.61. The van der Waals surface area contributed by atoms with Crippen LogP contribution in [-0.2, 0) is 14.8 Å². The van der Waals surface area contributed by atoms with Gasteiger partial charge in [-0.1, -0.05) is 11.6 Å². The number of anilines is 1. The summed E-state index contributed by atoms with van der Waals surface area (Å²) in [6, 6.07) is 12.1. The Morgan fingerprint density at radius 3 is 2.14 bits per heavy atom. The maximum Gasteiger partial charge on any atom is 0.243 e. The summed E-state index contributed by atoms with van der Waals surface area (Å²) in [6.07, 6.45) is 1.06. The first-order chi connectivity index (χ1) is 13.6. The van der Waals surface area contributed by atoms with Crippen LogP contribution in [-0.4, -0.2) is 46.4 Å². The van der Waals surface area contributed by atoms with E-state index in [0.717, 1.165) is 16.3 Å². The van der Waals surface area contributed by atoms with Gasteiger partial charge in [0.25, 0.3) is 0 Å². The largest absolute Gasteiger partial charge is 0.497 e. The number of methoxy groups -OCH3 is 1. The average molecular weight is 441 g/mol. The van der Waals surface area contributed by atoms with Gasteiger partial charge in [0.15, 0.2) is 0 Å². The lowest BCUT2D eigenvalue weighted by Crippen LogP contribution is -2.50. The molecule has 2 rings (SSSR count). The molecule has 2 aromatic carbocycles. The maximum atomic E-state index is 12.7. The third kappa shape index (κ3) is 6.54. The van der Waals surface area contributed by atoms with Crippen LogP contribution < -0.4 is 19.1 Å². The Labute approximate surface area is 176 Å². The zero-order valence-electron chi connectivity index (χ0n) is 16.8. The molecule has 1 N–H and O–H groups in total. The van der Waals surface area contributed by atoms with Crippen LogP contribution in [0.25, 0.3) is 0 Å². The van der Waals surface area contributed by atoms with Crippen LogP contribution in [0.4, 0.5) is 5.69 Å². The summed E-state index contributed by atoms with van der Waals surface area (Å²) >= 11 is 5.88. The Kier molecular flexibility index (Phi) is 7.75. The SMILES string of the molecule is COc1ccc(OCC(C)NC(=O)C(C)N(c2ccc(Cl)cc2)S(C)(=O)=O)cc1. The number of amides is 1. The monoisotopic (exact) mass is 440 g/mol. The van der Waals surface area contributed by atoms with Crippen molar-refractivity contribution in [3.63, 3.8) is 0 Å². The van der Waals surface area contributed by atoms with Crippen molar-refractivity contribution in [2.75, 3.05) is 24.3 Å². The normalized spacial score (nSPS) is 13.3. The van der Waals surface area contributed by atoms with Gasteiger partial charge in [0.2, 0.25) is 15.9 Å². The van der Waals surface area contributed by atoms with Crippen LogP contribution in [0.2, 0.25) is 5.02 Å². The molecule has 158 valence electrons. The highest BCUT2D eigenvalue weighted by Crippen LogP contribution is 2.23. The number of nitrogens with zero attached hydrogens (tertiary/aromatic N) is 1. The van der Waals surface area contributed by atoms with E-state index in [9.17, 15) is 13.2 Å². The molecule has 2 aromatic rings. The van der Waals surface area contributed by atoms with E-state index in [4.69, 9.17) is 21.1 Å². The second-order valence-corrected chi connectivity index (χ2v) is 8.90. The first-order valence-electron chi connectivity index (χ1n) is 8.94. The lowest BCUT2D eigenvalue weighted by Gasteiger charge is -2.29. The quantitative estimate of drug-likeness (QED) is 0.647. The zero-order valence-corrected chi connectivity index (χ0v) is 18.3. The van der Waals surface area contributed by atoms with Crippen LogP contribution in [0.3, 0.4) is 0 Å². The van der Waals surface area contributed by atoms with E-state index in [1.807, 2.05) is 0 Å². The van der Waals surface area contributed by atoms with E-state index < -0.39 is 22.0 Å². The molecule has 1 amide bonds. The average Bonchev–Trinajstić information content (AvgIpc) is 2.67. The first-order valence-corrected chi connectivity index (χ1v) is 11.2. The molecular weight excluding hydrogens is 416 g/mol. The number of sulfonamides is 1. The van der Waals surface area contributed by atoms with E-state index in [1.165, 1.54) is 6.92 Å². The smallest absolute Gasteiger partial charge is 0.243 e. The van der Waals surface area contributed by atoms with Gasteiger partial charge in [0.05, 0.1) is 25.1 Å². The van der Waals surface area contributed by atoms with Gasteiger partial charge < -0.3 is 14.8 Å². The van der Waals surface area contributed by atoms with Crippen LogP contribution in [0.15, 0.2) is 48.5 Å². The predicted molar refractivity (Wildman–Crippen MR) is 114 cm³/mol. The number of rotatable bonds is 9. The fraction of sp³-hybridized carbons (Fsp3) is 0.350. The lowest BCUT2D eigenvalue weighted by atomic mass is 10.2. The van der Waals surface area contributed by atoms with Gasteiger partial charge in [0, 0.05) is 5.02 Å². The zero-order chi connectivity index (χ0) is 21.6. The molecule has 0 aliphatic carbocycles. The highest BCUT2D eigenvalue weighted by molar-refractivity contribution is 7.92.